The van der Waals surface area contributed by atoms with Gasteiger partial charge in [0.25, 0.3) is 5.91 Å². The van der Waals surface area contributed by atoms with Crippen molar-refractivity contribution < 1.29 is 9.53 Å². The van der Waals surface area contributed by atoms with Gasteiger partial charge in [-0.2, -0.15) is 5.10 Å². The van der Waals surface area contributed by atoms with E-state index in [9.17, 15) is 4.79 Å². The van der Waals surface area contributed by atoms with Crippen molar-refractivity contribution in [3.05, 3.63) is 77.6 Å². The summed E-state index contributed by atoms with van der Waals surface area (Å²) in [6.07, 6.45) is 1.98. The first-order valence-corrected chi connectivity index (χ1v) is 8.74. The average molecular weight is 349 g/mol. The molecule has 5 heteroatoms. The number of aromatic nitrogens is 2. The topological polar surface area (TPSA) is 56.2 Å². The lowest BCUT2D eigenvalue weighted by Crippen LogP contribution is -2.26. The Hall–Kier alpha value is -3.08. The van der Waals surface area contributed by atoms with E-state index < -0.39 is 0 Å². The minimum Gasteiger partial charge on any atom is -0.457 e. The molecule has 134 valence electrons. The molecule has 1 N–H and O–H groups in total. The molecule has 0 aliphatic heterocycles. The maximum Gasteiger partial charge on any atom is 0.251 e. The maximum absolute atomic E-state index is 12.6. The van der Waals surface area contributed by atoms with Crippen LogP contribution < -0.4 is 10.1 Å². The van der Waals surface area contributed by atoms with Crippen LogP contribution in [0, 0.1) is 6.92 Å². The molecule has 0 saturated carbocycles. The molecule has 0 fully saturated rings. The Bertz CT molecular complexity index is 887. The van der Waals surface area contributed by atoms with Gasteiger partial charge in [0.15, 0.2) is 0 Å². The minimum atomic E-state index is -0.139. The summed E-state index contributed by atoms with van der Waals surface area (Å²) >= 11 is 0. The molecule has 0 aliphatic carbocycles. The van der Waals surface area contributed by atoms with Crippen molar-refractivity contribution in [1.29, 1.82) is 0 Å². The van der Waals surface area contributed by atoms with Crippen LogP contribution in [0.15, 0.2) is 60.8 Å². The van der Waals surface area contributed by atoms with Gasteiger partial charge in [0.2, 0.25) is 0 Å². The molecule has 1 aromatic heterocycles. The fourth-order valence-corrected chi connectivity index (χ4v) is 2.80. The van der Waals surface area contributed by atoms with Gasteiger partial charge in [-0.25, -0.2) is 0 Å². The van der Waals surface area contributed by atoms with Crippen molar-refractivity contribution in [2.75, 3.05) is 0 Å². The molecule has 1 amide bonds. The highest BCUT2D eigenvalue weighted by Gasteiger charge is 2.16. The first-order valence-electron chi connectivity index (χ1n) is 8.74. The number of rotatable bonds is 6. The van der Waals surface area contributed by atoms with Crippen molar-refractivity contribution in [2.24, 2.45) is 0 Å². The Morgan fingerprint density at radius 3 is 2.58 bits per heavy atom. The fourth-order valence-electron chi connectivity index (χ4n) is 2.80. The third-order valence-corrected chi connectivity index (χ3v) is 4.20. The van der Waals surface area contributed by atoms with Crippen LogP contribution in [0.25, 0.3) is 0 Å². The van der Waals surface area contributed by atoms with Crippen molar-refractivity contribution in [1.82, 2.24) is 15.1 Å². The normalized spacial score (nSPS) is 11.8. The molecular weight excluding hydrogens is 326 g/mol. The lowest BCUT2D eigenvalue weighted by atomic mass is 10.1. The van der Waals surface area contributed by atoms with Gasteiger partial charge in [0, 0.05) is 23.9 Å². The highest BCUT2D eigenvalue weighted by Crippen LogP contribution is 2.22. The van der Waals surface area contributed by atoms with Crippen LogP contribution in [0.2, 0.25) is 0 Å². The molecule has 26 heavy (non-hydrogen) atoms. The molecule has 0 saturated heterocycles. The summed E-state index contributed by atoms with van der Waals surface area (Å²) in [5.41, 5.74) is 2.52. The number of nitrogens with zero attached hydrogens (tertiary/aromatic N) is 2. The van der Waals surface area contributed by atoms with Crippen molar-refractivity contribution in [2.45, 2.75) is 33.4 Å². The first-order chi connectivity index (χ1) is 12.6. The number of amides is 1. The number of ether oxygens (including phenoxy) is 1. The summed E-state index contributed by atoms with van der Waals surface area (Å²) < 4.78 is 7.68. The van der Waals surface area contributed by atoms with E-state index >= 15 is 0 Å². The van der Waals surface area contributed by atoms with E-state index in [1.54, 1.807) is 12.1 Å². The number of hydrogen-bond acceptors (Lipinski definition) is 3. The zero-order valence-electron chi connectivity index (χ0n) is 15.3. The first kappa shape index (κ1) is 17.7. The molecular formula is C21H23N3O2. The lowest BCUT2D eigenvalue weighted by Gasteiger charge is -2.14. The van der Waals surface area contributed by atoms with Crippen LogP contribution in [0.5, 0.6) is 11.5 Å². The predicted molar refractivity (Wildman–Crippen MR) is 101 cm³/mol. The van der Waals surface area contributed by atoms with Crippen molar-refractivity contribution in [3.63, 3.8) is 0 Å². The number of para-hydroxylation sites is 1. The third-order valence-electron chi connectivity index (χ3n) is 4.20. The fraction of sp³-hybridized carbons (Fsp3) is 0.238. The average Bonchev–Trinajstić information content (AvgIpc) is 3.04. The Morgan fingerprint density at radius 2 is 1.88 bits per heavy atom. The van der Waals surface area contributed by atoms with E-state index in [4.69, 9.17) is 4.74 Å². The molecule has 0 unspecified atom stereocenters. The summed E-state index contributed by atoms with van der Waals surface area (Å²) in [7, 11) is 0. The number of nitrogens with one attached hydrogen (secondary N) is 1. The van der Waals surface area contributed by atoms with E-state index in [1.165, 1.54) is 0 Å². The van der Waals surface area contributed by atoms with Gasteiger partial charge in [-0.05, 0) is 51.1 Å². The standard InChI is InChI=1S/C21H23N3O2/c1-4-24-14-20(16(3)23-24)15(2)22-21(25)17-9-8-12-19(13-17)26-18-10-6-5-7-11-18/h5-15H,4H2,1-3H3,(H,22,25)/t15-/m0/s1. The summed E-state index contributed by atoms with van der Waals surface area (Å²) in [5.74, 6) is 1.23. The summed E-state index contributed by atoms with van der Waals surface area (Å²) in [6, 6.07) is 16.6. The van der Waals surface area contributed by atoms with Crippen molar-refractivity contribution in [3.8, 4) is 11.5 Å². The van der Waals surface area contributed by atoms with Gasteiger partial charge in [-0.1, -0.05) is 24.3 Å². The third kappa shape index (κ3) is 4.11. The summed E-state index contributed by atoms with van der Waals surface area (Å²) in [6.45, 7) is 6.77. The lowest BCUT2D eigenvalue weighted by molar-refractivity contribution is 0.0939. The molecule has 0 spiro atoms. The number of carbonyl (C=O) groups is 1. The molecule has 0 aliphatic rings. The largest absolute Gasteiger partial charge is 0.457 e. The van der Waals surface area contributed by atoms with E-state index in [2.05, 4.69) is 10.4 Å². The van der Waals surface area contributed by atoms with E-state index in [0.717, 1.165) is 23.6 Å². The Balaban J connectivity index is 1.71. The second-order valence-electron chi connectivity index (χ2n) is 6.16. The highest BCUT2D eigenvalue weighted by molar-refractivity contribution is 5.94. The Morgan fingerprint density at radius 1 is 1.15 bits per heavy atom. The van der Waals surface area contributed by atoms with Gasteiger partial charge < -0.3 is 10.1 Å². The van der Waals surface area contributed by atoms with E-state index in [-0.39, 0.29) is 11.9 Å². The van der Waals surface area contributed by atoms with Gasteiger partial charge in [0.1, 0.15) is 11.5 Å². The SMILES string of the molecule is CCn1cc([C@H](C)NC(=O)c2cccc(Oc3ccccc3)c2)c(C)n1. The Labute approximate surface area is 153 Å². The van der Waals surface area contributed by atoms with Gasteiger partial charge in [-0.15, -0.1) is 0 Å². The molecule has 3 aromatic rings. The van der Waals surface area contributed by atoms with Gasteiger partial charge in [-0.3, -0.25) is 9.48 Å². The molecule has 1 heterocycles. The molecule has 0 radical (unpaired) electrons. The molecule has 0 bridgehead atoms. The zero-order chi connectivity index (χ0) is 18.5. The quantitative estimate of drug-likeness (QED) is 0.713. The van der Waals surface area contributed by atoms with Crippen LogP contribution in [0.4, 0.5) is 0 Å². The number of hydrogen-bond donors (Lipinski definition) is 1. The maximum atomic E-state index is 12.6. The van der Waals surface area contributed by atoms with E-state index in [1.807, 2.05) is 74.1 Å². The van der Waals surface area contributed by atoms with Crippen molar-refractivity contribution >= 4 is 5.91 Å². The van der Waals surface area contributed by atoms with Gasteiger partial charge in [0.05, 0.1) is 11.7 Å². The number of benzene rings is 2. The van der Waals surface area contributed by atoms with Crippen LogP contribution in [-0.2, 0) is 6.54 Å². The molecule has 2 aromatic carbocycles. The van der Waals surface area contributed by atoms with Crippen LogP contribution in [-0.4, -0.2) is 15.7 Å². The van der Waals surface area contributed by atoms with Gasteiger partial charge >= 0.3 is 0 Å². The van der Waals surface area contributed by atoms with Crippen LogP contribution in [0.3, 0.4) is 0 Å². The highest BCUT2D eigenvalue weighted by atomic mass is 16.5. The Kier molecular flexibility index (Phi) is 5.37. The van der Waals surface area contributed by atoms with Crippen LogP contribution >= 0.6 is 0 Å². The number of aryl methyl sites for hydroxylation is 2. The summed E-state index contributed by atoms with van der Waals surface area (Å²) in [5, 5.41) is 7.47. The zero-order valence-corrected chi connectivity index (χ0v) is 15.3. The second kappa shape index (κ2) is 7.87. The summed E-state index contributed by atoms with van der Waals surface area (Å²) in [4.78, 5) is 12.6. The molecule has 1 atom stereocenters. The number of carbonyl (C=O) groups excluding carboxylic acids is 1. The van der Waals surface area contributed by atoms with E-state index in [0.29, 0.717) is 11.3 Å². The van der Waals surface area contributed by atoms with Crippen LogP contribution in [0.1, 0.15) is 41.5 Å². The second-order valence-corrected chi connectivity index (χ2v) is 6.16. The molecule has 3 rings (SSSR count). The molecule has 5 nitrogen and oxygen atoms in total. The minimum absolute atomic E-state index is 0.124. The predicted octanol–water partition coefficient (Wildman–Crippen LogP) is 4.49. The smallest absolute Gasteiger partial charge is 0.251 e. The monoisotopic (exact) mass is 349 g/mol.